The maximum absolute atomic E-state index is 14.4. The van der Waals surface area contributed by atoms with Crippen LogP contribution in [0.4, 0.5) is 74.6 Å². The van der Waals surface area contributed by atoms with Crippen molar-refractivity contribution in [2.24, 2.45) is 11.8 Å². The lowest BCUT2D eigenvalue weighted by Gasteiger charge is -2.43. The van der Waals surface area contributed by atoms with Crippen molar-refractivity contribution < 1.29 is 136 Å². The number of carbonyl (C=O) groups excluding carboxylic acids is 2. The molecule has 0 spiro atoms. The van der Waals surface area contributed by atoms with Gasteiger partial charge in [-0.25, -0.2) is 8.42 Å². The zero-order valence-corrected chi connectivity index (χ0v) is 43.7. The zero-order chi connectivity index (χ0) is 59.1. The van der Waals surface area contributed by atoms with Gasteiger partial charge in [-0.05, 0) is 57.8 Å². The average molecular weight is 1240 g/mol. The molecule has 0 radical (unpaired) electrons. The van der Waals surface area contributed by atoms with Gasteiger partial charge in [0.15, 0.2) is 0 Å². The van der Waals surface area contributed by atoms with Gasteiger partial charge in [-0.2, -0.15) is 78.9 Å². The molecular weight excluding hydrogens is 1150 g/mol. The van der Waals surface area contributed by atoms with E-state index < -0.39 is 99.3 Å². The predicted molar refractivity (Wildman–Crippen MR) is 264 cm³/mol. The molecular formula is C48H88F17NO13S. The lowest BCUT2D eigenvalue weighted by Crippen LogP contribution is -2.75. The smallest absolute Gasteiger partial charge is 0.460 e. The minimum Gasteiger partial charge on any atom is -0.465 e. The van der Waals surface area contributed by atoms with Crippen LogP contribution >= 0.6 is 0 Å². The van der Waals surface area contributed by atoms with Gasteiger partial charge in [0.25, 0.3) is 10.0 Å². The molecule has 2 atom stereocenters. The SMILES string of the molecule is C.C.C.C.CCC(C)C(=O)OCCCOCCCOCCCOCCCOCCCOCCCOCCCO.CCCN(CCOC(=O)C(C)CC)S(=O)(=O)C(F)(F)C(F)(F)C(F)(F)C(F)(F)C(F)(F)C(F)(F)C(F)(F)C(F)(F)F. The van der Waals surface area contributed by atoms with Gasteiger partial charge in [-0.3, -0.25) is 9.59 Å². The summed E-state index contributed by atoms with van der Waals surface area (Å²) >= 11 is 0. The predicted octanol–water partition coefficient (Wildman–Crippen LogP) is 12.5. The molecule has 32 heteroatoms. The molecule has 0 fully saturated rings. The number of alkyl halides is 17. The number of rotatable bonds is 44. The molecule has 0 aliphatic heterocycles. The summed E-state index contributed by atoms with van der Waals surface area (Å²) in [7, 11) is -7.44. The minimum absolute atomic E-state index is 0. The number of hydrogen-bond donors (Lipinski definition) is 1. The van der Waals surface area contributed by atoms with Gasteiger partial charge in [0, 0.05) is 105 Å². The van der Waals surface area contributed by atoms with Gasteiger partial charge in [-0.15, -0.1) is 0 Å². The highest BCUT2D eigenvalue weighted by Crippen LogP contribution is 2.64. The normalized spacial score (nSPS) is 13.7. The highest BCUT2D eigenvalue weighted by atomic mass is 32.2. The third-order valence-electron chi connectivity index (χ3n) is 10.5. The molecule has 1 N–H and O–H groups in total. The van der Waals surface area contributed by atoms with Crippen molar-refractivity contribution in [1.82, 2.24) is 4.31 Å². The molecule has 0 aromatic carbocycles. The highest BCUT2D eigenvalue weighted by Gasteiger charge is 2.96. The van der Waals surface area contributed by atoms with Crippen LogP contribution in [0.1, 0.15) is 129 Å². The van der Waals surface area contributed by atoms with E-state index in [1.54, 1.807) is 0 Å². The van der Waals surface area contributed by atoms with Gasteiger partial charge in [-0.1, -0.05) is 64.3 Å². The lowest BCUT2D eigenvalue weighted by molar-refractivity contribution is -0.458. The first kappa shape index (κ1) is 88.6. The molecule has 0 rings (SSSR count). The molecule has 0 aromatic heterocycles. The lowest BCUT2D eigenvalue weighted by atomic mass is 9.91. The first-order valence-electron chi connectivity index (χ1n) is 24.2. The summed E-state index contributed by atoms with van der Waals surface area (Å²) in [6.07, 6.45) is -1.82. The van der Waals surface area contributed by atoms with Crippen molar-refractivity contribution in [3.05, 3.63) is 0 Å². The van der Waals surface area contributed by atoms with Crippen molar-refractivity contribution in [3.63, 3.8) is 0 Å². The number of esters is 2. The van der Waals surface area contributed by atoms with E-state index in [-0.39, 0.29) is 54.6 Å². The van der Waals surface area contributed by atoms with Gasteiger partial charge < -0.3 is 43.0 Å². The Hall–Kier alpha value is -2.62. The Kier molecular flexibility index (Phi) is 46.8. The van der Waals surface area contributed by atoms with Crippen LogP contribution in [0.5, 0.6) is 0 Å². The third kappa shape index (κ3) is 26.5. The Morgan fingerprint density at radius 2 is 0.675 bits per heavy atom. The van der Waals surface area contributed by atoms with E-state index in [9.17, 15) is 92.6 Å². The van der Waals surface area contributed by atoms with Gasteiger partial charge in [0.05, 0.1) is 18.4 Å². The number of aliphatic hydroxyl groups is 1. The third-order valence-corrected chi connectivity index (χ3v) is 12.4. The van der Waals surface area contributed by atoms with Crippen LogP contribution < -0.4 is 0 Å². The fourth-order valence-electron chi connectivity index (χ4n) is 5.37. The van der Waals surface area contributed by atoms with Gasteiger partial charge >= 0.3 is 58.9 Å². The molecule has 0 aromatic rings. The van der Waals surface area contributed by atoms with E-state index >= 15 is 0 Å². The average Bonchev–Trinajstić information content (AvgIpc) is 3.34. The molecule has 0 saturated carbocycles. The molecule has 2 unspecified atom stereocenters. The first-order valence-corrected chi connectivity index (χ1v) is 25.6. The Morgan fingerprint density at radius 3 is 0.950 bits per heavy atom. The van der Waals surface area contributed by atoms with E-state index in [1.807, 2.05) is 13.8 Å². The summed E-state index contributed by atoms with van der Waals surface area (Å²) in [6, 6.07) is 0. The Labute approximate surface area is 460 Å². The van der Waals surface area contributed by atoms with Crippen LogP contribution in [0, 0.1) is 11.8 Å². The van der Waals surface area contributed by atoms with E-state index in [0.29, 0.717) is 92.3 Å². The van der Waals surface area contributed by atoms with Crippen LogP contribution in [-0.4, -0.2) is 189 Å². The second-order valence-electron chi connectivity index (χ2n) is 16.7. The summed E-state index contributed by atoms with van der Waals surface area (Å²) in [6.45, 7) is 12.0. The molecule has 0 heterocycles. The van der Waals surface area contributed by atoms with E-state index in [4.69, 9.17) is 38.3 Å². The van der Waals surface area contributed by atoms with Crippen LogP contribution in [0.15, 0.2) is 0 Å². The van der Waals surface area contributed by atoms with Crippen LogP contribution in [-0.2, 0) is 57.5 Å². The number of nitrogens with zero attached hydrogens (tertiary/aromatic N) is 1. The molecule has 0 amide bonds. The molecule has 80 heavy (non-hydrogen) atoms. The Bertz CT molecular complexity index is 1690. The van der Waals surface area contributed by atoms with Crippen LogP contribution in [0.2, 0.25) is 0 Å². The summed E-state index contributed by atoms with van der Waals surface area (Å²) in [4.78, 5) is 23.1. The zero-order valence-electron chi connectivity index (χ0n) is 42.9. The summed E-state index contributed by atoms with van der Waals surface area (Å²) < 4.78 is 295. The van der Waals surface area contributed by atoms with Crippen molar-refractivity contribution in [2.75, 3.05) is 112 Å². The number of ether oxygens (including phenoxy) is 8. The minimum atomic E-state index is -8.90. The monoisotopic (exact) mass is 1240 g/mol. The van der Waals surface area contributed by atoms with Crippen molar-refractivity contribution in [2.45, 2.75) is 175 Å². The maximum Gasteiger partial charge on any atom is 0.460 e. The van der Waals surface area contributed by atoms with E-state index in [0.717, 1.165) is 51.9 Å². The highest BCUT2D eigenvalue weighted by molar-refractivity contribution is 7.90. The number of halogens is 17. The number of hydrogen-bond acceptors (Lipinski definition) is 13. The second kappa shape index (κ2) is 42.2. The van der Waals surface area contributed by atoms with Gasteiger partial charge in [0.2, 0.25) is 0 Å². The topological polar surface area (TPSA) is 166 Å². The Morgan fingerprint density at radius 1 is 0.412 bits per heavy atom. The van der Waals surface area contributed by atoms with E-state index in [1.165, 1.54) is 13.8 Å². The number of aliphatic hydroxyl groups excluding tert-OH is 1. The van der Waals surface area contributed by atoms with Crippen molar-refractivity contribution in [1.29, 1.82) is 0 Å². The molecule has 0 aliphatic carbocycles. The summed E-state index contributed by atoms with van der Waals surface area (Å²) in [5, 5.41) is 0.985. The van der Waals surface area contributed by atoms with Crippen LogP contribution in [0.3, 0.4) is 0 Å². The standard InChI is InChI=1S/C26H52O9.C18H20F17NO4S.4CH4/c1-3-25(2)26(28)35-24-10-23-34-22-9-21-33-20-8-19-32-18-7-17-31-16-6-15-30-14-5-13-29-12-4-11-27;1-4-6-36(7-8-40-10(37)9(3)5-2)41(38,39)18(34,35)16(29,30)14(25,26)12(21,22)11(19,20)13(23,24)15(27,28)17(31,32)33;;;;/h25,27H,3-24H2,1-2H3;9H,4-8H2,1-3H3;4*1H4. The summed E-state index contributed by atoms with van der Waals surface area (Å²) in [5.74, 6) is -54.1. The first-order chi connectivity index (χ1) is 35.0. The molecule has 488 valence electrons. The molecule has 0 saturated heterocycles. The quantitative estimate of drug-likeness (QED) is 0.0348. The van der Waals surface area contributed by atoms with Crippen molar-refractivity contribution >= 4 is 22.0 Å². The summed E-state index contributed by atoms with van der Waals surface area (Å²) in [5.41, 5.74) is 0. The number of carbonyl (C=O) groups is 2. The molecule has 0 aliphatic rings. The van der Waals surface area contributed by atoms with Crippen molar-refractivity contribution in [3.8, 4) is 0 Å². The maximum atomic E-state index is 14.4. The molecule has 14 nitrogen and oxygen atoms in total. The van der Waals surface area contributed by atoms with Gasteiger partial charge in [0.1, 0.15) is 6.61 Å². The Balaban J connectivity index is -0.000000330. The fraction of sp³-hybridized carbons (Fsp3) is 0.958. The van der Waals surface area contributed by atoms with Crippen LogP contribution in [0.25, 0.3) is 0 Å². The van der Waals surface area contributed by atoms with E-state index in [2.05, 4.69) is 4.74 Å². The molecule has 0 bridgehead atoms. The number of sulfonamides is 1. The second-order valence-corrected chi connectivity index (χ2v) is 18.7. The fourth-order valence-corrected chi connectivity index (χ4v) is 6.88. The largest absolute Gasteiger partial charge is 0.465 e.